The first-order valence-electron chi connectivity index (χ1n) is 8.84. The first-order chi connectivity index (χ1) is 14.1. The molecule has 1 amide bonds. The number of nitrogens with one attached hydrogen (secondary N) is 1. The molecule has 0 saturated heterocycles. The zero-order chi connectivity index (χ0) is 22.1. The van der Waals surface area contributed by atoms with Crippen LogP contribution in [0.15, 0.2) is 30.6 Å². The van der Waals surface area contributed by atoms with Crippen LogP contribution in [-0.4, -0.2) is 40.4 Å². The minimum Gasteiger partial charge on any atom is -0.380 e. The number of alkyl halides is 3. The number of rotatable bonds is 7. The van der Waals surface area contributed by atoms with Crippen LogP contribution in [0, 0.1) is 5.82 Å². The average molecular weight is 445 g/mol. The van der Waals surface area contributed by atoms with Crippen molar-refractivity contribution in [2.75, 3.05) is 13.7 Å². The van der Waals surface area contributed by atoms with Gasteiger partial charge in [0.05, 0.1) is 11.5 Å². The van der Waals surface area contributed by atoms with Crippen molar-refractivity contribution in [3.8, 4) is 0 Å². The summed E-state index contributed by atoms with van der Waals surface area (Å²) in [5.41, 5.74) is -2.91. The van der Waals surface area contributed by atoms with E-state index in [9.17, 15) is 27.5 Å². The third-order valence-corrected chi connectivity index (χ3v) is 5.89. The summed E-state index contributed by atoms with van der Waals surface area (Å²) in [6.45, 7) is -0.520. The summed E-state index contributed by atoms with van der Waals surface area (Å²) in [6.07, 6.45) is -3.41. The van der Waals surface area contributed by atoms with Crippen LogP contribution in [0.2, 0.25) is 0 Å². The Morgan fingerprint density at radius 1 is 1.37 bits per heavy atom. The van der Waals surface area contributed by atoms with E-state index in [0.29, 0.717) is 10.3 Å². The van der Waals surface area contributed by atoms with Crippen molar-refractivity contribution in [1.82, 2.24) is 14.9 Å². The molecule has 2 aromatic heterocycles. The predicted octanol–water partition coefficient (Wildman–Crippen LogP) is 3.49. The van der Waals surface area contributed by atoms with Crippen LogP contribution in [0.25, 0.3) is 10.1 Å². The number of methoxy groups -OCH3 is 1. The number of hydrogen-bond donors (Lipinski definition) is 2. The number of halogens is 4. The Hall–Kier alpha value is -2.50. The van der Waals surface area contributed by atoms with Crippen LogP contribution in [0.4, 0.5) is 17.6 Å². The van der Waals surface area contributed by atoms with Crippen LogP contribution in [0.1, 0.15) is 27.5 Å². The standard InChI is InChI=1S/C19H19F4N3O3S/c1-26-9-8-25-17(26)18(28,19(21,22)23)6-7-24-16(27)15-11(10-29-2)14-12(20)4-3-5-13(14)30-15/h3-5,8-9,28H,6-7,10H2,1-2H3,(H,24,27). The molecule has 1 unspecified atom stereocenters. The van der Waals surface area contributed by atoms with Gasteiger partial charge in [0.1, 0.15) is 11.6 Å². The lowest BCUT2D eigenvalue weighted by molar-refractivity contribution is -0.272. The van der Waals surface area contributed by atoms with Gasteiger partial charge in [-0.2, -0.15) is 13.2 Å². The minimum absolute atomic E-state index is 0.0382. The molecular formula is C19H19F4N3O3S. The molecule has 11 heteroatoms. The van der Waals surface area contributed by atoms with Crippen LogP contribution in [0.5, 0.6) is 0 Å². The highest BCUT2D eigenvalue weighted by Gasteiger charge is 2.57. The summed E-state index contributed by atoms with van der Waals surface area (Å²) >= 11 is 1.02. The number of nitrogens with zero attached hydrogens (tertiary/aromatic N) is 2. The molecule has 1 aromatic carbocycles. The number of amides is 1. The fourth-order valence-corrected chi connectivity index (χ4v) is 4.35. The molecule has 0 aliphatic rings. The van der Waals surface area contributed by atoms with Gasteiger partial charge in [-0.3, -0.25) is 4.79 Å². The fraction of sp³-hybridized carbons (Fsp3) is 0.368. The number of benzene rings is 1. The molecule has 0 bridgehead atoms. The van der Waals surface area contributed by atoms with Gasteiger partial charge in [0.25, 0.3) is 5.91 Å². The predicted molar refractivity (Wildman–Crippen MR) is 103 cm³/mol. The first kappa shape index (κ1) is 22.2. The summed E-state index contributed by atoms with van der Waals surface area (Å²) in [7, 11) is 2.72. The summed E-state index contributed by atoms with van der Waals surface area (Å²) in [4.78, 5) is 16.4. The van der Waals surface area contributed by atoms with Crippen LogP contribution in [-0.2, 0) is 24.0 Å². The largest absolute Gasteiger partial charge is 0.424 e. The van der Waals surface area contributed by atoms with Gasteiger partial charge in [0.2, 0.25) is 5.60 Å². The van der Waals surface area contributed by atoms with Crippen molar-refractivity contribution in [2.45, 2.75) is 24.8 Å². The van der Waals surface area contributed by atoms with Crippen LogP contribution < -0.4 is 5.32 Å². The summed E-state index contributed by atoms with van der Waals surface area (Å²) in [5, 5.41) is 13.0. The zero-order valence-electron chi connectivity index (χ0n) is 16.1. The highest BCUT2D eigenvalue weighted by Crippen LogP contribution is 2.40. The van der Waals surface area contributed by atoms with E-state index >= 15 is 0 Å². The number of aromatic nitrogens is 2. The lowest BCUT2D eigenvalue weighted by atomic mass is 9.97. The van der Waals surface area contributed by atoms with E-state index < -0.39 is 42.3 Å². The molecule has 30 heavy (non-hydrogen) atoms. The van der Waals surface area contributed by atoms with E-state index in [1.807, 2.05) is 0 Å². The second kappa shape index (κ2) is 8.32. The number of ether oxygens (including phenoxy) is 1. The van der Waals surface area contributed by atoms with Crippen molar-refractivity contribution in [3.05, 3.63) is 52.7 Å². The topological polar surface area (TPSA) is 76.4 Å². The minimum atomic E-state index is -5.00. The van der Waals surface area contributed by atoms with Crippen LogP contribution >= 0.6 is 11.3 Å². The number of hydrogen-bond acceptors (Lipinski definition) is 5. The smallest absolute Gasteiger partial charge is 0.380 e. The van der Waals surface area contributed by atoms with E-state index in [2.05, 4.69) is 10.3 Å². The maximum Gasteiger partial charge on any atom is 0.424 e. The number of aliphatic hydroxyl groups is 1. The number of imidazole rings is 1. The van der Waals surface area contributed by atoms with Gasteiger partial charge >= 0.3 is 6.18 Å². The van der Waals surface area contributed by atoms with Crippen molar-refractivity contribution >= 4 is 27.3 Å². The average Bonchev–Trinajstić information content (AvgIpc) is 3.26. The van der Waals surface area contributed by atoms with E-state index in [1.165, 1.54) is 32.5 Å². The van der Waals surface area contributed by atoms with Crippen molar-refractivity contribution in [1.29, 1.82) is 0 Å². The molecule has 0 spiro atoms. The Morgan fingerprint density at radius 2 is 2.10 bits per heavy atom. The number of aryl methyl sites for hydroxylation is 1. The number of carbonyl (C=O) groups excluding carboxylic acids is 1. The number of thiophene rings is 1. The van der Waals surface area contributed by atoms with Crippen LogP contribution in [0.3, 0.4) is 0 Å². The highest BCUT2D eigenvalue weighted by molar-refractivity contribution is 7.21. The Morgan fingerprint density at radius 3 is 2.70 bits per heavy atom. The molecule has 1 atom stereocenters. The quantitative estimate of drug-likeness (QED) is 0.546. The van der Waals surface area contributed by atoms with Gasteiger partial charge in [0.15, 0.2) is 0 Å². The van der Waals surface area contributed by atoms with E-state index in [1.54, 1.807) is 6.07 Å². The third kappa shape index (κ3) is 3.92. The maximum absolute atomic E-state index is 14.2. The highest BCUT2D eigenvalue weighted by atomic mass is 32.1. The van der Waals surface area contributed by atoms with Crippen molar-refractivity contribution in [2.24, 2.45) is 7.05 Å². The molecule has 0 fully saturated rings. The van der Waals surface area contributed by atoms with Gasteiger partial charge in [-0.15, -0.1) is 11.3 Å². The lowest BCUT2D eigenvalue weighted by Gasteiger charge is -2.29. The lowest BCUT2D eigenvalue weighted by Crippen LogP contribution is -2.46. The van der Waals surface area contributed by atoms with Crippen molar-refractivity contribution in [3.63, 3.8) is 0 Å². The van der Waals surface area contributed by atoms with Gasteiger partial charge in [-0.25, -0.2) is 9.37 Å². The molecule has 0 aliphatic heterocycles. The van der Waals surface area contributed by atoms with Gasteiger partial charge in [0, 0.05) is 55.2 Å². The second-order valence-electron chi connectivity index (χ2n) is 6.68. The maximum atomic E-state index is 14.2. The monoisotopic (exact) mass is 445 g/mol. The van der Waals surface area contributed by atoms with Gasteiger partial charge in [-0.05, 0) is 12.1 Å². The summed E-state index contributed by atoms with van der Waals surface area (Å²) < 4.78 is 61.6. The molecule has 2 heterocycles. The Bertz CT molecular complexity index is 1060. The molecule has 0 saturated carbocycles. The molecule has 3 rings (SSSR count). The number of carbonyl (C=O) groups is 1. The summed E-state index contributed by atoms with van der Waals surface area (Å²) in [6, 6.07) is 4.40. The third-order valence-electron chi connectivity index (χ3n) is 4.69. The van der Waals surface area contributed by atoms with E-state index in [0.717, 1.165) is 22.1 Å². The fourth-order valence-electron chi connectivity index (χ4n) is 3.21. The Balaban J connectivity index is 1.83. The molecule has 0 radical (unpaired) electrons. The Labute approximate surface area is 173 Å². The SMILES string of the molecule is COCc1c(C(=O)NCCC(O)(c2nccn2C)C(F)(F)F)sc2cccc(F)c12. The molecule has 162 valence electrons. The normalized spacial score (nSPS) is 14.1. The molecule has 3 aromatic rings. The Kier molecular flexibility index (Phi) is 6.16. The van der Waals surface area contributed by atoms with Gasteiger partial charge < -0.3 is 19.7 Å². The van der Waals surface area contributed by atoms with Crippen molar-refractivity contribution < 1.29 is 32.2 Å². The molecule has 0 aliphatic carbocycles. The van der Waals surface area contributed by atoms with Gasteiger partial charge in [-0.1, -0.05) is 6.07 Å². The molecular weight excluding hydrogens is 426 g/mol. The van der Waals surface area contributed by atoms with E-state index in [-0.39, 0.29) is 16.9 Å². The number of fused-ring (bicyclic) bond motifs is 1. The second-order valence-corrected chi connectivity index (χ2v) is 7.73. The summed E-state index contributed by atoms with van der Waals surface area (Å²) in [5.74, 6) is -1.77. The zero-order valence-corrected chi connectivity index (χ0v) is 16.9. The molecule has 2 N–H and O–H groups in total. The molecule has 6 nitrogen and oxygen atoms in total. The van der Waals surface area contributed by atoms with E-state index in [4.69, 9.17) is 4.74 Å². The first-order valence-corrected chi connectivity index (χ1v) is 9.65.